The van der Waals surface area contributed by atoms with Crippen LogP contribution in [-0.2, 0) is 0 Å². The van der Waals surface area contributed by atoms with Crippen LogP contribution in [0.3, 0.4) is 0 Å². The van der Waals surface area contributed by atoms with Crippen LogP contribution in [0.15, 0.2) is 30.6 Å². The Morgan fingerprint density at radius 3 is 2.53 bits per heavy atom. The van der Waals surface area contributed by atoms with Crippen LogP contribution in [0.25, 0.3) is 11.3 Å². The van der Waals surface area contributed by atoms with Gasteiger partial charge < -0.3 is 0 Å². The normalized spacial score (nSPS) is 10.3. The molecule has 0 N–H and O–H groups in total. The van der Waals surface area contributed by atoms with Gasteiger partial charge in [0.1, 0.15) is 5.69 Å². The van der Waals surface area contributed by atoms with Crippen molar-refractivity contribution < 1.29 is 13.2 Å². The highest BCUT2D eigenvalue weighted by atomic mass is 19.2. The molecule has 5 heteroatoms. The number of aromatic nitrogens is 2. The molecule has 0 aliphatic heterocycles. The molecular weight excluding hydrogens is 205 g/mol. The van der Waals surface area contributed by atoms with Gasteiger partial charge in [0.2, 0.25) is 5.95 Å². The third-order valence-electron chi connectivity index (χ3n) is 1.82. The van der Waals surface area contributed by atoms with Crippen molar-refractivity contribution in [1.29, 1.82) is 0 Å². The van der Waals surface area contributed by atoms with Crippen molar-refractivity contribution >= 4 is 0 Å². The molecule has 0 fully saturated rings. The number of nitrogens with zero attached hydrogens (tertiary/aromatic N) is 2. The van der Waals surface area contributed by atoms with Crippen molar-refractivity contribution in [3.8, 4) is 11.3 Å². The van der Waals surface area contributed by atoms with Crippen molar-refractivity contribution in [3.63, 3.8) is 0 Å². The second kappa shape index (κ2) is 3.68. The van der Waals surface area contributed by atoms with Gasteiger partial charge in [0.15, 0.2) is 11.6 Å². The number of halogens is 3. The third kappa shape index (κ3) is 1.81. The van der Waals surface area contributed by atoms with E-state index in [4.69, 9.17) is 0 Å². The first-order valence-corrected chi connectivity index (χ1v) is 4.10. The van der Waals surface area contributed by atoms with Crippen molar-refractivity contribution in [3.05, 3.63) is 48.2 Å². The maximum atomic E-state index is 13.2. The Kier molecular flexibility index (Phi) is 2.37. The lowest BCUT2D eigenvalue weighted by atomic mass is 10.2. The van der Waals surface area contributed by atoms with Crippen LogP contribution in [0.2, 0.25) is 0 Å². The molecule has 0 saturated heterocycles. The van der Waals surface area contributed by atoms with E-state index in [2.05, 4.69) is 9.97 Å². The predicted octanol–water partition coefficient (Wildman–Crippen LogP) is 2.56. The topological polar surface area (TPSA) is 25.8 Å². The Morgan fingerprint density at radius 2 is 1.87 bits per heavy atom. The summed E-state index contributed by atoms with van der Waals surface area (Å²) in [6.07, 6.45) is 2.81. The molecule has 2 heterocycles. The summed E-state index contributed by atoms with van der Waals surface area (Å²) in [6.45, 7) is 0. The van der Waals surface area contributed by atoms with Crippen LogP contribution >= 0.6 is 0 Å². The molecule has 15 heavy (non-hydrogen) atoms. The first-order chi connectivity index (χ1) is 7.18. The lowest BCUT2D eigenvalue weighted by Crippen LogP contribution is -1.97. The summed E-state index contributed by atoms with van der Waals surface area (Å²) >= 11 is 0. The lowest BCUT2D eigenvalue weighted by Gasteiger charge is -2.02. The molecule has 2 aromatic rings. The average molecular weight is 210 g/mol. The lowest BCUT2D eigenvalue weighted by molar-refractivity contribution is 0.466. The SMILES string of the molecule is Fc1cc(F)c(-c2cccnc2)nc1F. The summed E-state index contributed by atoms with van der Waals surface area (Å²) < 4.78 is 38.6. The van der Waals surface area contributed by atoms with E-state index in [1.165, 1.54) is 18.5 Å². The molecule has 2 aromatic heterocycles. The molecular formula is C10H5F3N2. The fourth-order valence-electron chi connectivity index (χ4n) is 1.15. The van der Waals surface area contributed by atoms with E-state index in [0.29, 0.717) is 11.6 Å². The van der Waals surface area contributed by atoms with Gasteiger partial charge in [-0.2, -0.15) is 4.39 Å². The van der Waals surface area contributed by atoms with E-state index in [1.807, 2.05) is 0 Å². The van der Waals surface area contributed by atoms with Crippen LogP contribution in [-0.4, -0.2) is 9.97 Å². The highest BCUT2D eigenvalue weighted by molar-refractivity contribution is 5.57. The van der Waals surface area contributed by atoms with Gasteiger partial charge in [-0.3, -0.25) is 4.98 Å². The monoisotopic (exact) mass is 210 g/mol. The number of pyridine rings is 2. The molecule has 2 rings (SSSR count). The minimum Gasteiger partial charge on any atom is -0.264 e. The Bertz CT molecular complexity index is 486. The average Bonchev–Trinajstić information content (AvgIpc) is 2.25. The molecule has 0 bridgehead atoms. The maximum absolute atomic E-state index is 13.2. The summed E-state index contributed by atoms with van der Waals surface area (Å²) in [5.74, 6) is -3.54. The first-order valence-electron chi connectivity index (χ1n) is 4.10. The van der Waals surface area contributed by atoms with Crippen molar-refractivity contribution in [2.24, 2.45) is 0 Å². The van der Waals surface area contributed by atoms with Crippen LogP contribution < -0.4 is 0 Å². The fraction of sp³-hybridized carbons (Fsp3) is 0. The Hall–Kier alpha value is -1.91. The molecule has 0 atom stereocenters. The Balaban J connectivity index is 2.59. The molecule has 0 aliphatic rings. The number of rotatable bonds is 1. The van der Waals surface area contributed by atoms with Crippen LogP contribution in [0.4, 0.5) is 13.2 Å². The maximum Gasteiger partial charge on any atom is 0.249 e. The molecule has 76 valence electrons. The summed E-state index contributed by atoms with van der Waals surface area (Å²) in [5, 5.41) is 0. The van der Waals surface area contributed by atoms with Gasteiger partial charge in [0, 0.05) is 24.0 Å². The summed E-state index contributed by atoms with van der Waals surface area (Å²) in [7, 11) is 0. The van der Waals surface area contributed by atoms with Gasteiger partial charge >= 0.3 is 0 Å². The summed E-state index contributed by atoms with van der Waals surface area (Å²) in [4.78, 5) is 6.92. The summed E-state index contributed by atoms with van der Waals surface area (Å²) in [6, 6.07) is 3.53. The minimum atomic E-state index is -1.32. The molecule has 0 saturated carbocycles. The van der Waals surface area contributed by atoms with Gasteiger partial charge in [-0.1, -0.05) is 0 Å². The molecule has 0 amide bonds. The zero-order valence-corrected chi connectivity index (χ0v) is 7.42. The van der Waals surface area contributed by atoms with Gasteiger partial charge in [-0.25, -0.2) is 13.8 Å². The Morgan fingerprint density at radius 1 is 1.07 bits per heavy atom. The highest BCUT2D eigenvalue weighted by Crippen LogP contribution is 2.20. The van der Waals surface area contributed by atoms with E-state index >= 15 is 0 Å². The van der Waals surface area contributed by atoms with Gasteiger partial charge in [0.25, 0.3) is 0 Å². The van der Waals surface area contributed by atoms with Gasteiger partial charge in [-0.05, 0) is 12.1 Å². The first kappa shape index (κ1) is 9.64. The Labute approximate surface area is 83.4 Å². The van der Waals surface area contributed by atoms with E-state index < -0.39 is 17.6 Å². The molecule has 2 nitrogen and oxygen atoms in total. The third-order valence-corrected chi connectivity index (χ3v) is 1.82. The highest BCUT2D eigenvalue weighted by Gasteiger charge is 2.12. The number of hydrogen-bond donors (Lipinski definition) is 0. The van der Waals surface area contributed by atoms with E-state index in [-0.39, 0.29) is 5.69 Å². The van der Waals surface area contributed by atoms with Crippen LogP contribution in [0, 0.1) is 17.6 Å². The second-order valence-electron chi connectivity index (χ2n) is 2.83. The second-order valence-corrected chi connectivity index (χ2v) is 2.83. The molecule has 0 aromatic carbocycles. The van der Waals surface area contributed by atoms with E-state index in [9.17, 15) is 13.2 Å². The molecule has 0 radical (unpaired) electrons. The summed E-state index contributed by atoms with van der Waals surface area (Å²) in [5.41, 5.74) is 0.0518. The van der Waals surface area contributed by atoms with E-state index in [1.54, 1.807) is 6.07 Å². The van der Waals surface area contributed by atoms with Crippen LogP contribution in [0.5, 0.6) is 0 Å². The quantitative estimate of drug-likeness (QED) is 0.676. The van der Waals surface area contributed by atoms with Crippen molar-refractivity contribution in [2.75, 3.05) is 0 Å². The standard InChI is InChI=1S/C10H5F3N2/c11-7-4-8(12)10(13)15-9(7)6-2-1-3-14-5-6/h1-5H. The zero-order valence-electron chi connectivity index (χ0n) is 7.42. The number of hydrogen-bond acceptors (Lipinski definition) is 2. The smallest absolute Gasteiger partial charge is 0.249 e. The largest absolute Gasteiger partial charge is 0.264 e. The molecule has 0 aliphatic carbocycles. The fourth-order valence-corrected chi connectivity index (χ4v) is 1.15. The van der Waals surface area contributed by atoms with Gasteiger partial charge in [-0.15, -0.1) is 0 Å². The van der Waals surface area contributed by atoms with Gasteiger partial charge in [0.05, 0.1) is 0 Å². The minimum absolute atomic E-state index is 0.248. The van der Waals surface area contributed by atoms with E-state index in [0.717, 1.165) is 0 Å². The zero-order chi connectivity index (χ0) is 10.8. The molecule has 0 unspecified atom stereocenters. The predicted molar refractivity (Wildman–Crippen MR) is 47.3 cm³/mol. The molecule has 0 spiro atoms. The van der Waals surface area contributed by atoms with Crippen LogP contribution in [0.1, 0.15) is 0 Å². The van der Waals surface area contributed by atoms with Crippen molar-refractivity contribution in [2.45, 2.75) is 0 Å². The van der Waals surface area contributed by atoms with Crippen molar-refractivity contribution in [1.82, 2.24) is 9.97 Å².